The molecule has 0 unspecified atom stereocenters. The molecule has 1 amide bonds. The third-order valence-corrected chi connectivity index (χ3v) is 6.10. The largest absolute Gasteiger partial charge is 0.481 e. The normalized spacial score (nSPS) is 17.2. The topological polar surface area (TPSA) is 47.6 Å². The van der Waals surface area contributed by atoms with Crippen molar-refractivity contribution in [3.63, 3.8) is 0 Å². The summed E-state index contributed by atoms with van der Waals surface area (Å²) in [6.07, 6.45) is 1.93. The quantitative estimate of drug-likeness (QED) is 0.700. The van der Waals surface area contributed by atoms with Crippen molar-refractivity contribution in [3.8, 4) is 5.75 Å². The lowest BCUT2D eigenvalue weighted by Gasteiger charge is -2.38. The zero-order chi connectivity index (χ0) is 21.6. The molecule has 162 valence electrons. The van der Waals surface area contributed by atoms with E-state index in [9.17, 15) is 4.79 Å². The zero-order valence-electron chi connectivity index (χ0n) is 18.7. The lowest BCUT2D eigenvalue weighted by atomic mass is 9.74. The van der Waals surface area contributed by atoms with Crippen molar-refractivity contribution in [2.75, 3.05) is 19.8 Å². The number of rotatable bonds is 7. The maximum absolute atomic E-state index is 13.0. The van der Waals surface area contributed by atoms with E-state index in [1.54, 1.807) is 0 Å². The van der Waals surface area contributed by atoms with Gasteiger partial charge in [0, 0.05) is 25.2 Å². The summed E-state index contributed by atoms with van der Waals surface area (Å²) < 4.78 is 11.6. The summed E-state index contributed by atoms with van der Waals surface area (Å²) in [7, 11) is 0. The molecule has 1 aliphatic rings. The Morgan fingerprint density at radius 3 is 2.27 bits per heavy atom. The Labute approximate surface area is 181 Å². The van der Waals surface area contributed by atoms with Crippen LogP contribution in [0.4, 0.5) is 0 Å². The maximum atomic E-state index is 13.0. The van der Waals surface area contributed by atoms with E-state index in [2.05, 4.69) is 62.5 Å². The lowest BCUT2D eigenvalue weighted by molar-refractivity contribution is -0.128. The SMILES string of the molecule is CC[C@@H](Oc1ccc(C(C)(C)C)cc1)C(=O)NCC1(c2ccccc2)CCOCC1. The molecular formula is C26H35NO3. The molecule has 0 aliphatic carbocycles. The molecule has 2 aromatic carbocycles. The fourth-order valence-electron chi connectivity index (χ4n) is 4.01. The summed E-state index contributed by atoms with van der Waals surface area (Å²) in [5, 5.41) is 3.18. The number of carbonyl (C=O) groups is 1. The van der Waals surface area contributed by atoms with E-state index in [-0.39, 0.29) is 16.7 Å². The van der Waals surface area contributed by atoms with E-state index in [1.807, 2.05) is 25.1 Å². The van der Waals surface area contributed by atoms with Crippen molar-refractivity contribution in [2.24, 2.45) is 0 Å². The summed E-state index contributed by atoms with van der Waals surface area (Å²) in [4.78, 5) is 13.0. The molecule has 1 heterocycles. The van der Waals surface area contributed by atoms with Crippen LogP contribution in [0.3, 0.4) is 0 Å². The van der Waals surface area contributed by atoms with Gasteiger partial charge in [0.05, 0.1) is 0 Å². The Bertz CT molecular complexity index is 802. The Kier molecular flexibility index (Phi) is 7.19. The molecule has 30 heavy (non-hydrogen) atoms. The van der Waals surface area contributed by atoms with Crippen LogP contribution in [-0.4, -0.2) is 31.8 Å². The van der Waals surface area contributed by atoms with Gasteiger partial charge < -0.3 is 14.8 Å². The first-order valence-electron chi connectivity index (χ1n) is 11.0. The second-order valence-electron chi connectivity index (χ2n) is 9.27. The Morgan fingerprint density at radius 1 is 1.07 bits per heavy atom. The van der Waals surface area contributed by atoms with Crippen LogP contribution < -0.4 is 10.1 Å². The van der Waals surface area contributed by atoms with E-state index in [0.29, 0.717) is 13.0 Å². The molecule has 1 N–H and O–H groups in total. The molecule has 1 saturated heterocycles. The molecule has 0 aromatic heterocycles. The standard InChI is InChI=1S/C26H35NO3/c1-5-23(30-22-13-11-20(12-14-22)25(2,3)4)24(28)27-19-26(15-17-29-18-16-26)21-9-7-6-8-10-21/h6-14,23H,5,15-19H2,1-4H3,(H,27,28)/t23-/m1/s1. The van der Waals surface area contributed by atoms with E-state index >= 15 is 0 Å². The average molecular weight is 410 g/mol. The molecule has 1 atom stereocenters. The molecular weight excluding hydrogens is 374 g/mol. The minimum absolute atomic E-state index is 0.0563. The summed E-state index contributed by atoms with van der Waals surface area (Å²) in [6.45, 7) is 10.6. The van der Waals surface area contributed by atoms with Gasteiger partial charge in [0.2, 0.25) is 0 Å². The highest BCUT2D eigenvalue weighted by molar-refractivity contribution is 5.81. The molecule has 0 radical (unpaired) electrons. The Balaban J connectivity index is 1.65. The molecule has 2 aromatic rings. The minimum Gasteiger partial charge on any atom is -0.481 e. The smallest absolute Gasteiger partial charge is 0.261 e. The van der Waals surface area contributed by atoms with Crippen LogP contribution in [0.25, 0.3) is 0 Å². The van der Waals surface area contributed by atoms with Crippen LogP contribution in [-0.2, 0) is 20.4 Å². The van der Waals surface area contributed by atoms with Gasteiger partial charge in [-0.25, -0.2) is 0 Å². The van der Waals surface area contributed by atoms with Crippen LogP contribution in [0, 0.1) is 0 Å². The molecule has 0 spiro atoms. The van der Waals surface area contributed by atoms with Gasteiger partial charge in [0.25, 0.3) is 5.91 Å². The average Bonchev–Trinajstić information content (AvgIpc) is 2.77. The van der Waals surface area contributed by atoms with Gasteiger partial charge in [-0.2, -0.15) is 0 Å². The van der Waals surface area contributed by atoms with Crippen LogP contribution in [0.2, 0.25) is 0 Å². The number of benzene rings is 2. The van der Waals surface area contributed by atoms with Crippen molar-refractivity contribution in [2.45, 2.75) is 63.9 Å². The fourth-order valence-corrected chi connectivity index (χ4v) is 4.01. The van der Waals surface area contributed by atoms with Gasteiger partial charge >= 0.3 is 0 Å². The number of nitrogens with one attached hydrogen (secondary N) is 1. The first kappa shape index (κ1) is 22.4. The van der Waals surface area contributed by atoms with Crippen molar-refractivity contribution < 1.29 is 14.3 Å². The third kappa shape index (κ3) is 5.42. The first-order valence-corrected chi connectivity index (χ1v) is 11.0. The van der Waals surface area contributed by atoms with E-state index in [0.717, 1.165) is 31.8 Å². The Morgan fingerprint density at radius 2 is 1.70 bits per heavy atom. The number of carbonyl (C=O) groups excluding carboxylic acids is 1. The minimum atomic E-state index is -0.502. The highest BCUT2D eigenvalue weighted by Gasteiger charge is 2.35. The van der Waals surface area contributed by atoms with Crippen LogP contribution in [0.15, 0.2) is 54.6 Å². The molecule has 0 bridgehead atoms. The summed E-state index contributed by atoms with van der Waals surface area (Å²) >= 11 is 0. The Hall–Kier alpha value is -2.33. The van der Waals surface area contributed by atoms with Crippen molar-refractivity contribution in [1.82, 2.24) is 5.32 Å². The second-order valence-corrected chi connectivity index (χ2v) is 9.27. The van der Waals surface area contributed by atoms with E-state index in [1.165, 1.54) is 11.1 Å². The van der Waals surface area contributed by atoms with Crippen LogP contribution >= 0.6 is 0 Å². The van der Waals surface area contributed by atoms with Gasteiger partial charge in [-0.1, -0.05) is 70.2 Å². The molecule has 4 nitrogen and oxygen atoms in total. The summed E-state index contributed by atoms with van der Waals surface area (Å²) in [5.41, 5.74) is 2.52. The molecule has 1 aliphatic heterocycles. The molecule has 0 saturated carbocycles. The van der Waals surface area contributed by atoms with Crippen molar-refractivity contribution in [3.05, 3.63) is 65.7 Å². The summed E-state index contributed by atoms with van der Waals surface area (Å²) in [6, 6.07) is 18.5. The van der Waals surface area contributed by atoms with Crippen molar-refractivity contribution in [1.29, 1.82) is 0 Å². The number of amides is 1. The van der Waals surface area contributed by atoms with Gasteiger partial charge in [-0.15, -0.1) is 0 Å². The molecule has 1 fully saturated rings. The lowest BCUT2D eigenvalue weighted by Crippen LogP contribution is -2.48. The monoisotopic (exact) mass is 409 g/mol. The van der Waals surface area contributed by atoms with Gasteiger partial charge in [-0.05, 0) is 47.9 Å². The maximum Gasteiger partial charge on any atom is 0.261 e. The number of hydrogen-bond acceptors (Lipinski definition) is 3. The van der Waals surface area contributed by atoms with Crippen LogP contribution in [0.5, 0.6) is 5.75 Å². The van der Waals surface area contributed by atoms with Gasteiger partial charge in [0.15, 0.2) is 6.10 Å². The second kappa shape index (κ2) is 9.65. The van der Waals surface area contributed by atoms with Crippen molar-refractivity contribution >= 4 is 5.91 Å². The van der Waals surface area contributed by atoms with E-state index in [4.69, 9.17) is 9.47 Å². The number of hydrogen-bond donors (Lipinski definition) is 1. The predicted molar refractivity (Wildman–Crippen MR) is 121 cm³/mol. The molecule has 4 heteroatoms. The molecule has 3 rings (SSSR count). The first-order chi connectivity index (χ1) is 14.3. The van der Waals surface area contributed by atoms with Gasteiger partial charge in [-0.3, -0.25) is 4.79 Å². The predicted octanol–water partition coefficient (Wildman–Crippen LogP) is 5.01. The third-order valence-electron chi connectivity index (χ3n) is 6.10. The van der Waals surface area contributed by atoms with Crippen LogP contribution in [0.1, 0.15) is 58.1 Å². The highest BCUT2D eigenvalue weighted by Crippen LogP contribution is 2.34. The zero-order valence-corrected chi connectivity index (χ0v) is 18.7. The fraction of sp³-hybridized carbons (Fsp3) is 0.500. The number of ether oxygens (including phenoxy) is 2. The van der Waals surface area contributed by atoms with E-state index < -0.39 is 6.10 Å². The van der Waals surface area contributed by atoms with Gasteiger partial charge in [0.1, 0.15) is 5.75 Å². The highest BCUT2D eigenvalue weighted by atomic mass is 16.5. The summed E-state index contributed by atoms with van der Waals surface area (Å²) in [5.74, 6) is 0.674.